The minimum absolute atomic E-state index is 0.0793. The van der Waals surface area contributed by atoms with Crippen LogP contribution in [0.2, 0.25) is 0 Å². The topological polar surface area (TPSA) is 20.3 Å². The third-order valence-electron chi connectivity index (χ3n) is 3.44. The van der Waals surface area contributed by atoms with Crippen molar-refractivity contribution >= 4 is 11.5 Å². The van der Waals surface area contributed by atoms with Gasteiger partial charge in [0.2, 0.25) is 0 Å². The maximum absolute atomic E-state index is 11.9. The summed E-state index contributed by atoms with van der Waals surface area (Å²) in [4.78, 5) is 14.3. The molecule has 1 aliphatic rings. The highest BCUT2D eigenvalue weighted by Crippen LogP contribution is 2.30. The standard InChI is InChI=1S/C15H21NO/c1-10(2)15(17)13-5-6-14-12(9-13)7-8-16(14)11(3)4/h5-6,9-11H,7-8H2,1-4H3. The van der Waals surface area contributed by atoms with Gasteiger partial charge in [0.05, 0.1) is 0 Å². The summed E-state index contributed by atoms with van der Waals surface area (Å²) in [6, 6.07) is 6.70. The second kappa shape index (κ2) is 4.52. The molecule has 0 saturated heterocycles. The fourth-order valence-electron chi connectivity index (χ4n) is 2.45. The van der Waals surface area contributed by atoms with Gasteiger partial charge in [-0.25, -0.2) is 0 Å². The zero-order valence-corrected chi connectivity index (χ0v) is 11.2. The lowest BCUT2D eigenvalue weighted by atomic mass is 9.98. The van der Waals surface area contributed by atoms with Gasteiger partial charge in [-0.1, -0.05) is 13.8 Å². The Morgan fingerprint density at radius 3 is 2.53 bits per heavy atom. The lowest BCUT2D eigenvalue weighted by Crippen LogP contribution is -2.28. The van der Waals surface area contributed by atoms with Crippen LogP contribution in [-0.4, -0.2) is 18.4 Å². The Morgan fingerprint density at radius 1 is 1.24 bits per heavy atom. The van der Waals surface area contributed by atoms with E-state index in [2.05, 4.69) is 30.9 Å². The van der Waals surface area contributed by atoms with Crippen molar-refractivity contribution in [2.24, 2.45) is 5.92 Å². The predicted molar refractivity (Wildman–Crippen MR) is 71.8 cm³/mol. The largest absolute Gasteiger partial charge is 0.369 e. The number of carbonyl (C=O) groups is 1. The first-order chi connectivity index (χ1) is 8.00. The van der Waals surface area contributed by atoms with Crippen molar-refractivity contribution in [3.05, 3.63) is 29.3 Å². The van der Waals surface area contributed by atoms with E-state index >= 15 is 0 Å². The van der Waals surface area contributed by atoms with Crippen molar-refractivity contribution in [3.63, 3.8) is 0 Å². The molecule has 0 bridgehead atoms. The highest BCUT2D eigenvalue weighted by molar-refractivity contribution is 5.98. The van der Waals surface area contributed by atoms with Crippen LogP contribution in [0.5, 0.6) is 0 Å². The molecule has 0 amide bonds. The summed E-state index contributed by atoms with van der Waals surface area (Å²) >= 11 is 0. The average Bonchev–Trinajstić information content (AvgIpc) is 2.70. The monoisotopic (exact) mass is 231 g/mol. The van der Waals surface area contributed by atoms with Crippen LogP contribution >= 0.6 is 0 Å². The van der Waals surface area contributed by atoms with Gasteiger partial charge in [0.25, 0.3) is 0 Å². The minimum atomic E-state index is 0.0793. The molecule has 0 unspecified atom stereocenters. The van der Waals surface area contributed by atoms with Crippen LogP contribution in [0.25, 0.3) is 0 Å². The number of rotatable bonds is 3. The molecular formula is C15H21NO. The van der Waals surface area contributed by atoms with Crippen molar-refractivity contribution < 1.29 is 4.79 Å². The number of Topliss-reactive ketones (excluding diaryl/α,β-unsaturated/α-hetero) is 1. The van der Waals surface area contributed by atoms with Crippen molar-refractivity contribution in [2.75, 3.05) is 11.4 Å². The third kappa shape index (κ3) is 2.21. The molecule has 1 aliphatic heterocycles. The Balaban J connectivity index is 2.32. The van der Waals surface area contributed by atoms with Crippen molar-refractivity contribution in [2.45, 2.75) is 40.2 Å². The number of fused-ring (bicyclic) bond motifs is 1. The smallest absolute Gasteiger partial charge is 0.165 e. The van der Waals surface area contributed by atoms with E-state index < -0.39 is 0 Å². The average molecular weight is 231 g/mol. The third-order valence-corrected chi connectivity index (χ3v) is 3.44. The fourth-order valence-corrected chi connectivity index (χ4v) is 2.45. The summed E-state index contributed by atoms with van der Waals surface area (Å²) in [5, 5.41) is 0. The van der Waals surface area contributed by atoms with Gasteiger partial charge in [0.15, 0.2) is 5.78 Å². The maximum atomic E-state index is 11.9. The normalized spacial score (nSPS) is 14.6. The van der Waals surface area contributed by atoms with Gasteiger partial charge in [0.1, 0.15) is 0 Å². The molecule has 0 N–H and O–H groups in total. The zero-order valence-electron chi connectivity index (χ0n) is 11.2. The quantitative estimate of drug-likeness (QED) is 0.744. The number of hydrogen-bond donors (Lipinski definition) is 0. The number of nitrogens with zero attached hydrogens (tertiary/aromatic N) is 1. The van der Waals surface area contributed by atoms with Crippen molar-refractivity contribution in [1.82, 2.24) is 0 Å². The van der Waals surface area contributed by atoms with E-state index in [1.165, 1.54) is 11.3 Å². The maximum Gasteiger partial charge on any atom is 0.165 e. The molecule has 92 valence electrons. The Bertz CT molecular complexity index is 435. The van der Waals surface area contributed by atoms with Crippen LogP contribution in [0.1, 0.15) is 43.6 Å². The molecule has 0 spiro atoms. The van der Waals surface area contributed by atoms with E-state index in [1.807, 2.05) is 19.9 Å². The molecule has 0 aliphatic carbocycles. The molecule has 0 aromatic heterocycles. The molecule has 0 atom stereocenters. The number of benzene rings is 1. The first-order valence-corrected chi connectivity index (χ1v) is 6.44. The highest BCUT2D eigenvalue weighted by Gasteiger charge is 2.22. The molecule has 0 fully saturated rings. The number of anilines is 1. The van der Waals surface area contributed by atoms with Crippen LogP contribution in [0, 0.1) is 5.92 Å². The van der Waals surface area contributed by atoms with Gasteiger partial charge >= 0.3 is 0 Å². The number of carbonyl (C=O) groups excluding carboxylic acids is 1. The Kier molecular flexibility index (Phi) is 3.23. The molecule has 1 heterocycles. The summed E-state index contributed by atoms with van der Waals surface area (Å²) in [7, 11) is 0. The Hall–Kier alpha value is -1.31. The summed E-state index contributed by atoms with van der Waals surface area (Å²) in [6.45, 7) is 9.41. The van der Waals surface area contributed by atoms with Crippen LogP contribution in [0.3, 0.4) is 0 Å². The number of ketones is 1. The van der Waals surface area contributed by atoms with E-state index in [1.54, 1.807) is 0 Å². The first kappa shape index (κ1) is 12.2. The van der Waals surface area contributed by atoms with E-state index in [0.717, 1.165) is 18.5 Å². The molecule has 0 saturated carbocycles. The van der Waals surface area contributed by atoms with Crippen molar-refractivity contribution in [1.29, 1.82) is 0 Å². The van der Waals surface area contributed by atoms with Gasteiger partial charge in [-0.15, -0.1) is 0 Å². The Morgan fingerprint density at radius 2 is 1.94 bits per heavy atom. The van der Waals surface area contributed by atoms with Crippen molar-refractivity contribution in [3.8, 4) is 0 Å². The van der Waals surface area contributed by atoms with Crippen LogP contribution < -0.4 is 4.90 Å². The number of hydrogen-bond acceptors (Lipinski definition) is 2. The van der Waals surface area contributed by atoms with E-state index in [4.69, 9.17) is 0 Å². The van der Waals surface area contributed by atoms with Gasteiger partial charge in [-0.3, -0.25) is 4.79 Å². The molecule has 1 aromatic carbocycles. The zero-order chi connectivity index (χ0) is 12.6. The molecule has 17 heavy (non-hydrogen) atoms. The lowest BCUT2D eigenvalue weighted by Gasteiger charge is -2.24. The molecule has 2 nitrogen and oxygen atoms in total. The van der Waals surface area contributed by atoms with Gasteiger partial charge in [-0.05, 0) is 44.0 Å². The SMILES string of the molecule is CC(C)C(=O)c1ccc2c(c1)CCN2C(C)C. The first-order valence-electron chi connectivity index (χ1n) is 6.44. The molecular weight excluding hydrogens is 210 g/mol. The molecule has 1 aromatic rings. The lowest BCUT2D eigenvalue weighted by molar-refractivity contribution is 0.0939. The van der Waals surface area contributed by atoms with E-state index in [0.29, 0.717) is 6.04 Å². The van der Waals surface area contributed by atoms with Crippen LogP contribution in [-0.2, 0) is 6.42 Å². The Labute approximate surface area is 104 Å². The van der Waals surface area contributed by atoms with Gasteiger partial charge in [0, 0.05) is 29.8 Å². The predicted octanol–water partition coefficient (Wildman–Crippen LogP) is 3.30. The summed E-state index contributed by atoms with van der Waals surface area (Å²) in [5.74, 6) is 0.325. The van der Waals surface area contributed by atoms with Gasteiger partial charge in [-0.2, -0.15) is 0 Å². The summed E-state index contributed by atoms with van der Waals surface area (Å²) in [5.41, 5.74) is 3.50. The van der Waals surface area contributed by atoms with Gasteiger partial charge < -0.3 is 4.90 Å². The van der Waals surface area contributed by atoms with E-state index in [-0.39, 0.29) is 11.7 Å². The molecule has 2 heteroatoms. The van der Waals surface area contributed by atoms with E-state index in [9.17, 15) is 4.79 Å². The fraction of sp³-hybridized carbons (Fsp3) is 0.533. The van der Waals surface area contributed by atoms with Crippen LogP contribution in [0.4, 0.5) is 5.69 Å². The summed E-state index contributed by atoms with van der Waals surface area (Å²) in [6.07, 6.45) is 1.06. The second-order valence-electron chi connectivity index (χ2n) is 5.40. The molecule has 0 radical (unpaired) electrons. The highest BCUT2D eigenvalue weighted by atomic mass is 16.1. The summed E-state index contributed by atoms with van der Waals surface area (Å²) < 4.78 is 0. The van der Waals surface area contributed by atoms with Crippen LogP contribution in [0.15, 0.2) is 18.2 Å². The second-order valence-corrected chi connectivity index (χ2v) is 5.40. The minimum Gasteiger partial charge on any atom is -0.369 e. The molecule has 2 rings (SSSR count).